The zero-order valence-electron chi connectivity index (χ0n) is 17.4. The number of aryl methyl sites for hydroxylation is 2. The van der Waals surface area contributed by atoms with Crippen LogP contribution < -0.4 is 5.32 Å². The van der Waals surface area contributed by atoms with Crippen molar-refractivity contribution in [1.82, 2.24) is 14.8 Å². The van der Waals surface area contributed by atoms with Gasteiger partial charge >= 0.3 is 5.97 Å². The molecule has 3 heterocycles. The molecule has 0 fully saturated rings. The molecule has 3 aromatic rings. The molecule has 3 rings (SSSR count). The normalized spacial score (nSPS) is 10.9. The topological polar surface area (TPSA) is 99.2 Å². The second-order valence-corrected chi connectivity index (χ2v) is 8.39. The van der Waals surface area contributed by atoms with E-state index < -0.39 is 5.97 Å². The van der Waals surface area contributed by atoms with Crippen molar-refractivity contribution in [2.24, 2.45) is 0 Å². The number of rotatable bonds is 9. The monoisotopic (exact) mass is 448 g/mol. The molecule has 30 heavy (non-hydrogen) atoms. The molecule has 10 heteroatoms. The molecular formula is C20H24N4O4S2. The number of carbonyl (C=O) groups excluding carboxylic acids is 2. The van der Waals surface area contributed by atoms with Gasteiger partial charge in [0, 0.05) is 11.4 Å². The summed E-state index contributed by atoms with van der Waals surface area (Å²) in [6.07, 6.45) is 2.39. The van der Waals surface area contributed by atoms with E-state index in [1.165, 1.54) is 23.1 Å². The van der Waals surface area contributed by atoms with Gasteiger partial charge in [-0.3, -0.25) is 4.79 Å². The highest BCUT2D eigenvalue weighted by atomic mass is 32.2. The average Bonchev–Trinajstić information content (AvgIpc) is 3.44. The van der Waals surface area contributed by atoms with Crippen molar-refractivity contribution < 1.29 is 18.7 Å². The number of furan rings is 1. The van der Waals surface area contributed by atoms with E-state index in [2.05, 4.69) is 15.5 Å². The molecule has 0 aromatic carbocycles. The lowest BCUT2D eigenvalue weighted by atomic mass is 10.2. The molecule has 0 unspecified atom stereocenters. The molecule has 0 bridgehead atoms. The fourth-order valence-electron chi connectivity index (χ4n) is 2.86. The second kappa shape index (κ2) is 9.94. The highest BCUT2D eigenvalue weighted by molar-refractivity contribution is 7.99. The lowest BCUT2D eigenvalue weighted by Gasteiger charge is -2.08. The van der Waals surface area contributed by atoms with E-state index in [-0.39, 0.29) is 18.3 Å². The highest BCUT2D eigenvalue weighted by Gasteiger charge is 2.20. The Morgan fingerprint density at radius 2 is 2.10 bits per heavy atom. The van der Waals surface area contributed by atoms with Crippen molar-refractivity contribution in [3.05, 3.63) is 34.6 Å². The smallest absolute Gasteiger partial charge is 0.341 e. The molecule has 0 aliphatic heterocycles. The Kier molecular flexibility index (Phi) is 7.33. The molecule has 8 nitrogen and oxygen atoms in total. The standard InChI is InChI=1S/C20H24N4O4S2/c1-5-13-10-15(19(26)27-7-3)18(30-13)21-16(25)11-29-20-23-22-17(24(20)6-2)14-8-9-28-12(14)4/h8-10H,5-7,11H2,1-4H3,(H,21,25). The largest absolute Gasteiger partial charge is 0.469 e. The van der Waals surface area contributed by atoms with Gasteiger partial charge in [-0.05, 0) is 39.3 Å². The minimum Gasteiger partial charge on any atom is -0.469 e. The number of nitrogens with one attached hydrogen (secondary N) is 1. The van der Waals surface area contributed by atoms with Crippen LogP contribution in [0.4, 0.5) is 5.00 Å². The molecule has 3 aromatic heterocycles. The Morgan fingerprint density at radius 3 is 2.73 bits per heavy atom. The summed E-state index contributed by atoms with van der Waals surface area (Å²) >= 11 is 2.68. The molecular weight excluding hydrogens is 424 g/mol. The number of hydrogen-bond donors (Lipinski definition) is 1. The van der Waals surface area contributed by atoms with Gasteiger partial charge in [0.05, 0.1) is 29.7 Å². The van der Waals surface area contributed by atoms with Crippen LogP contribution in [0.3, 0.4) is 0 Å². The predicted molar refractivity (Wildman–Crippen MR) is 117 cm³/mol. The van der Waals surface area contributed by atoms with E-state index in [0.717, 1.165) is 22.6 Å². The lowest BCUT2D eigenvalue weighted by Crippen LogP contribution is -2.16. The molecule has 0 spiro atoms. The molecule has 0 saturated carbocycles. The fraction of sp³-hybridized carbons (Fsp3) is 0.400. The van der Waals surface area contributed by atoms with Gasteiger partial charge in [0.2, 0.25) is 5.91 Å². The summed E-state index contributed by atoms with van der Waals surface area (Å²) in [4.78, 5) is 25.7. The van der Waals surface area contributed by atoms with Gasteiger partial charge < -0.3 is 19.0 Å². The van der Waals surface area contributed by atoms with Gasteiger partial charge in [-0.2, -0.15) is 0 Å². The second-order valence-electron chi connectivity index (χ2n) is 6.31. The molecule has 0 aliphatic rings. The van der Waals surface area contributed by atoms with E-state index in [4.69, 9.17) is 9.15 Å². The molecule has 0 atom stereocenters. The van der Waals surface area contributed by atoms with Crippen molar-refractivity contribution in [1.29, 1.82) is 0 Å². The minimum absolute atomic E-state index is 0.143. The number of thiophene rings is 1. The van der Waals surface area contributed by atoms with Crippen molar-refractivity contribution in [2.45, 2.75) is 45.8 Å². The maximum absolute atomic E-state index is 12.6. The lowest BCUT2D eigenvalue weighted by molar-refractivity contribution is -0.113. The van der Waals surface area contributed by atoms with Crippen molar-refractivity contribution in [3.63, 3.8) is 0 Å². The van der Waals surface area contributed by atoms with Crippen LogP contribution in [0.2, 0.25) is 0 Å². The third-order valence-corrected chi connectivity index (χ3v) is 6.51. The van der Waals surface area contributed by atoms with Gasteiger partial charge in [0.15, 0.2) is 11.0 Å². The van der Waals surface area contributed by atoms with E-state index in [1.54, 1.807) is 19.3 Å². The SMILES string of the molecule is CCOC(=O)c1cc(CC)sc1NC(=O)CSc1nnc(-c2ccoc2C)n1CC. The average molecular weight is 449 g/mol. The Morgan fingerprint density at radius 1 is 1.30 bits per heavy atom. The number of nitrogens with zero attached hydrogens (tertiary/aromatic N) is 3. The minimum atomic E-state index is -0.428. The van der Waals surface area contributed by atoms with Gasteiger partial charge in [0.25, 0.3) is 0 Å². The number of hydrogen-bond acceptors (Lipinski definition) is 8. The van der Waals surface area contributed by atoms with E-state index in [1.807, 2.05) is 31.4 Å². The van der Waals surface area contributed by atoms with Crippen LogP contribution in [-0.4, -0.2) is 39.0 Å². The first-order valence-corrected chi connectivity index (χ1v) is 11.5. The Hall–Kier alpha value is -2.59. The molecule has 0 radical (unpaired) electrons. The van der Waals surface area contributed by atoms with Crippen LogP contribution in [0.5, 0.6) is 0 Å². The van der Waals surface area contributed by atoms with Crippen LogP contribution in [-0.2, 0) is 22.5 Å². The summed E-state index contributed by atoms with van der Waals surface area (Å²) in [5.41, 5.74) is 1.27. The van der Waals surface area contributed by atoms with Crippen LogP contribution in [0.1, 0.15) is 41.8 Å². The van der Waals surface area contributed by atoms with Crippen LogP contribution in [0, 0.1) is 6.92 Å². The van der Waals surface area contributed by atoms with Crippen molar-refractivity contribution in [3.8, 4) is 11.4 Å². The summed E-state index contributed by atoms with van der Waals surface area (Å²) in [5, 5.41) is 12.5. The number of carbonyl (C=O) groups is 2. The number of amides is 1. The zero-order valence-corrected chi connectivity index (χ0v) is 19.0. The number of anilines is 1. The fourth-order valence-corrected chi connectivity index (χ4v) is 4.66. The first-order chi connectivity index (χ1) is 14.5. The Bertz CT molecular complexity index is 1040. The zero-order chi connectivity index (χ0) is 21.7. The third kappa shape index (κ3) is 4.76. The van der Waals surface area contributed by atoms with Gasteiger partial charge in [-0.1, -0.05) is 18.7 Å². The highest BCUT2D eigenvalue weighted by Crippen LogP contribution is 2.30. The molecule has 0 aliphatic carbocycles. The summed E-state index contributed by atoms with van der Waals surface area (Å²) in [7, 11) is 0. The first-order valence-electron chi connectivity index (χ1n) is 9.68. The molecule has 1 N–H and O–H groups in total. The molecule has 0 saturated heterocycles. The van der Waals surface area contributed by atoms with E-state index in [0.29, 0.717) is 28.1 Å². The maximum Gasteiger partial charge on any atom is 0.341 e. The van der Waals surface area contributed by atoms with Crippen LogP contribution >= 0.6 is 23.1 Å². The number of esters is 1. The van der Waals surface area contributed by atoms with Crippen LogP contribution in [0.25, 0.3) is 11.4 Å². The van der Waals surface area contributed by atoms with Crippen molar-refractivity contribution >= 4 is 40.0 Å². The Labute approximate surface area is 183 Å². The first kappa shape index (κ1) is 22.1. The maximum atomic E-state index is 12.6. The number of thioether (sulfide) groups is 1. The van der Waals surface area contributed by atoms with E-state index in [9.17, 15) is 9.59 Å². The quantitative estimate of drug-likeness (QED) is 0.383. The molecule has 160 valence electrons. The third-order valence-electron chi connectivity index (χ3n) is 4.35. The predicted octanol–water partition coefficient (Wildman–Crippen LogP) is 4.40. The van der Waals surface area contributed by atoms with Gasteiger partial charge in [-0.25, -0.2) is 4.79 Å². The summed E-state index contributed by atoms with van der Waals surface area (Å²) in [6, 6.07) is 3.63. The number of aromatic nitrogens is 3. The van der Waals surface area contributed by atoms with Gasteiger partial charge in [-0.15, -0.1) is 21.5 Å². The molecule has 1 amide bonds. The summed E-state index contributed by atoms with van der Waals surface area (Å²) in [6.45, 7) is 8.56. The van der Waals surface area contributed by atoms with Crippen molar-refractivity contribution in [2.75, 3.05) is 17.7 Å². The van der Waals surface area contributed by atoms with Gasteiger partial charge in [0.1, 0.15) is 10.8 Å². The Balaban J connectivity index is 1.70. The summed E-state index contributed by atoms with van der Waals surface area (Å²) in [5.74, 6) is 0.970. The van der Waals surface area contributed by atoms with E-state index >= 15 is 0 Å². The van der Waals surface area contributed by atoms with Crippen LogP contribution in [0.15, 0.2) is 28.0 Å². The number of ether oxygens (including phenoxy) is 1. The summed E-state index contributed by atoms with van der Waals surface area (Å²) < 4.78 is 12.4.